The highest BCUT2D eigenvalue weighted by molar-refractivity contribution is 6.04. The normalized spacial score (nSPS) is 22.1. The lowest BCUT2D eigenvalue weighted by atomic mass is 10.1. The fraction of sp³-hybridized carbons (Fsp3) is 0.333. The van der Waals surface area contributed by atoms with E-state index in [2.05, 4.69) is 5.32 Å². The predicted octanol–water partition coefficient (Wildman–Crippen LogP) is 0.680. The van der Waals surface area contributed by atoms with Crippen molar-refractivity contribution < 1.29 is 19.1 Å². The predicted molar refractivity (Wildman–Crippen MR) is 61.5 cm³/mol. The topological polar surface area (TPSA) is 67.9 Å². The van der Waals surface area contributed by atoms with Crippen LogP contribution >= 0.6 is 0 Å². The second kappa shape index (κ2) is 3.90. The van der Waals surface area contributed by atoms with E-state index in [0.717, 1.165) is 4.90 Å². The summed E-state index contributed by atoms with van der Waals surface area (Å²) in [4.78, 5) is 24.3. The van der Waals surface area contributed by atoms with Crippen molar-refractivity contribution in [1.29, 1.82) is 0 Å². The Kier molecular flexibility index (Phi) is 2.36. The van der Waals surface area contributed by atoms with Gasteiger partial charge in [0.05, 0.1) is 0 Å². The van der Waals surface area contributed by atoms with Gasteiger partial charge in [-0.05, 0) is 17.7 Å². The molecule has 3 amide bonds. The number of urea groups is 1. The molecular formula is C12H12N2O4. The Hall–Kier alpha value is -2.24. The van der Waals surface area contributed by atoms with E-state index in [9.17, 15) is 9.59 Å². The molecule has 0 spiro atoms. The van der Waals surface area contributed by atoms with Gasteiger partial charge in [0, 0.05) is 7.05 Å². The molecule has 0 aromatic heterocycles. The van der Waals surface area contributed by atoms with Gasteiger partial charge >= 0.3 is 6.03 Å². The maximum Gasteiger partial charge on any atom is 0.324 e. The summed E-state index contributed by atoms with van der Waals surface area (Å²) in [5.41, 5.74) is 0.696. The summed E-state index contributed by atoms with van der Waals surface area (Å²) in [5, 5.41) is 2.62. The van der Waals surface area contributed by atoms with E-state index in [1.165, 1.54) is 7.05 Å². The molecule has 1 unspecified atom stereocenters. The van der Waals surface area contributed by atoms with Crippen molar-refractivity contribution in [1.82, 2.24) is 10.2 Å². The van der Waals surface area contributed by atoms with Crippen molar-refractivity contribution in [2.45, 2.75) is 6.04 Å². The number of likely N-dealkylation sites (N-methyl/N-ethyl adjacent to an activating group) is 1. The van der Waals surface area contributed by atoms with Crippen molar-refractivity contribution >= 4 is 11.9 Å². The number of hydrogen-bond donors (Lipinski definition) is 1. The van der Waals surface area contributed by atoms with Crippen LogP contribution in [0.1, 0.15) is 11.6 Å². The molecule has 6 nitrogen and oxygen atoms in total. The van der Waals surface area contributed by atoms with Gasteiger partial charge < -0.3 is 14.8 Å². The fourth-order valence-electron chi connectivity index (χ4n) is 2.04. The van der Waals surface area contributed by atoms with Crippen LogP contribution in [0.3, 0.4) is 0 Å². The van der Waals surface area contributed by atoms with Gasteiger partial charge in [-0.25, -0.2) is 4.79 Å². The van der Waals surface area contributed by atoms with Gasteiger partial charge in [0.2, 0.25) is 0 Å². The van der Waals surface area contributed by atoms with E-state index in [1.807, 2.05) is 0 Å². The van der Waals surface area contributed by atoms with Crippen LogP contribution < -0.4 is 14.8 Å². The number of benzene rings is 1. The molecule has 1 saturated heterocycles. The number of ether oxygens (including phenoxy) is 2. The van der Waals surface area contributed by atoms with E-state index in [-0.39, 0.29) is 11.9 Å². The number of carbonyl (C=O) groups excluding carboxylic acids is 2. The molecule has 0 radical (unpaired) electrons. The fourth-order valence-corrected chi connectivity index (χ4v) is 2.04. The third-order valence-electron chi connectivity index (χ3n) is 3.05. The average molecular weight is 248 g/mol. The van der Waals surface area contributed by atoms with E-state index in [1.54, 1.807) is 18.2 Å². The third kappa shape index (κ3) is 1.57. The molecule has 0 saturated carbocycles. The monoisotopic (exact) mass is 248 g/mol. The minimum atomic E-state index is -0.640. The van der Waals surface area contributed by atoms with Crippen molar-refractivity contribution in [3.63, 3.8) is 0 Å². The highest BCUT2D eigenvalue weighted by atomic mass is 16.6. The standard InChI is InChI=1S/C12H12N2O4/c1-14-11(15)10(13-12(14)16)7-2-3-8-9(6-7)18-5-4-17-8/h2-3,6,10H,4-5H2,1H3,(H,13,16). The smallest absolute Gasteiger partial charge is 0.324 e. The molecule has 0 bridgehead atoms. The molecule has 94 valence electrons. The number of carbonyl (C=O) groups is 2. The van der Waals surface area contributed by atoms with Gasteiger partial charge in [-0.15, -0.1) is 0 Å². The van der Waals surface area contributed by atoms with E-state index < -0.39 is 6.04 Å². The van der Waals surface area contributed by atoms with Crippen molar-refractivity contribution in [3.05, 3.63) is 23.8 Å². The zero-order valence-corrected chi connectivity index (χ0v) is 9.80. The lowest BCUT2D eigenvalue weighted by Crippen LogP contribution is -2.25. The van der Waals surface area contributed by atoms with Crippen molar-refractivity contribution in [3.8, 4) is 11.5 Å². The molecule has 2 heterocycles. The first-order chi connectivity index (χ1) is 8.66. The quantitative estimate of drug-likeness (QED) is 0.742. The van der Waals surface area contributed by atoms with Crippen LogP contribution in [0, 0.1) is 0 Å². The van der Waals surface area contributed by atoms with E-state index in [0.29, 0.717) is 30.3 Å². The third-order valence-corrected chi connectivity index (χ3v) is 3.05. The summed E-state index contributed by atoms with van der Waals surface area (Å²) >= 11 is 0. The average Bonchev–Trinajstić information content (AvgIpc) is 2.66. The van der Waals surface area contributed by atoms with Crippen LogP contribution in [-0.2, 0) is 4.79 Å². The lowest BCUT2D eigenvalue weighted by Gasteiger charge is -2.19. The minimum Gasteiger partial charge on any atom is -0.486 e. The number of imide groups is 1. The van der Waals surface area contributed by atoms with Crippen LogP contribution in [0.2, 0.25) is 0 Å². The number of rotatable bonds is 1. The number of hydrogen-bond acceptors (Lipinski definition) is 4. The van der Waals surface area contributed by atoms with Gasteiger partial charge in [-0.3, -0.25) is 9.69 Å². The second-order valence-corrected chi connectivity index (χ2v) is 4.18. The molecular weight excluding hydrogens is 236 g/mol. The maximum atomic E-state index is 11.9. The highest BCUT2D eigenvalue weighted by Crippen LogP contribution is 2.33. The zero-order valence-electron chi connectivity index (χ0n) is 9.80. The molecule has 1 aromatic rings. The molecule has 1 fully saturated rings. The summed E-state index contributed by atoms with van der Waals surface area (Å²) in [7, 11) is 1.45. The molecule has 1 aromatic carbocycles. The Morgan fingerprint density at radius 3 is 2.61 bits per heavy atom. The van der Waals surface area contributed by atoms with E-state index >= 15 is 0 Å². The van der Waals surface area contributed by atoms with Crippen LogP contribution in [0.25, 0.3) is 0 Å². The molecule has 2 aliphatic rings. The minimum absolute atomic E-state index is 0.267. The molecule has 6 heteroatoms. The molecule has 1 N–H and O–H groups in total. The number of nitrogens with one attached hydrogen (secondary N) is 1. The first-order valence-corrected chi connectivity index (χ1v) is 5.64. The first kappa shape index (κ1) is 10.9. The molecule has 1 atom stereocenters. The lowest BCUT2D eigenvalue weighted by molar-refractivity contribution is -0.126. The Morgan fingerprint density at radius 2 is 1.94 bits per heavy atom. The number of fused-ring (bicyclic) bond motifs is 1. The summed E-state index contributed by atoms with van der Waals surface area (Å²) in [6.07, 6.45) is 0. The summed E-state index contributed by atoms with van der Waals surface area (Å²) in [6.45, 7) is 1.01. The SMILES string of the molecule is CN1C(=O)NC(c2ccc3c(c2)OCCO3)C1=O. The van der Waals surface area contributed by atoms with Crippen LogP contribution in [-0.4, -0.2) is 37.1 Å². The van der Waals surface area contributed by atoms with Crippen LogP contribution in [0.4, 0.5) is 4.79 Å². The van der Waals surface area contributed by atoms with Gasteiger partial charge in [-0.1, -0.05) is 6.07 Å². The highest BCUT2D eigenvalue weighted by Gasteiger charge is 2.36. The number of nitrogens with zero attached hydrogens (tertiary/aromatic N) is 1. The molecule has 2 aliphatic heterocycles. The second-order valence-electron chi connectivity index (χ2n) is 4.18. The number of amides is 3. The van der Waals surface area contributed by atoms with E-state index in [4.69, 9.17) is 9.47 Å². The Labute approximate surface area is 103 Å². The van der Waals surface area contributed by atoms with Gasteiger partial charge in [-0.2, -0.15) is 0 Å². The first-order valence-electron chi connectivity index (χ1n) is 5.64. The maximum absolute atomic E-state index is 11.9. The van der Waals surface area contributed by atoms with Gasteiger partial charge in [0.25, 0.3) is 5.91 Å². The molecule has 18 heavy (non-hydrogen) atoms. The summed E-state index contributed by atoms with van der Waals surface area (Å²) in [5.74, 6) is 1.00. The Morgan fingerprint density at radius 1 is 1.22 bits per heavy atom. The summed E-state index contributed by atoms with van der Waals surface area (Å²) in [6, 6.07) is 4.21. The Balaban J connectivity index is 1.93. The van der Waals surface area contributed by atoms with Crippen molar-refractivity contribution in [2.75, 3.05) is 20.3 Å². The van der Waals surface area contributed by atoms with Crippen molar-refractivity contribution in [2.24, 2.45) is 0 Å². The van der Waals surface area contributed by atoms with Gasteiger partial charge in [0.15, 0.2) is 11.5 Å². The molecule has 3 rings (SSSR count). The summed E-state index contributed by atoms with van der Waals surface area (Å²) < 4.78 is 10.9. The Bertz CT molecular complexity index is 529. The largest absolute Gasteiger partial charge is 0.486 e. The van der Waals surface area contributed by atoms with Crippen LogP contribution in [0.5, 0.6) is 11.5 Å². The van der Waals surface area contributed by atoms with Crippen LogP contribution in [0.15, 0.2) is 18.2 Å². The zero-order chi connectivity index (χ0) is 12.7. The van der Waals surface area contributed by atoms with Gasteiger partial charge in [0.1, 0.15) is 19.3 Å². The molecule has 0 aliphatic carbocycles.